The van der Waals surface area contributed by atoms with E-state index in [0.29, 0.717) is 0 Å². The van der Waals surface area contributed by atoms with Gasteiger partial charge in [-0.3, -0.25) is 9.88 Å². The summed E-state index contributed by atoms with van der Waals surface area (Å²) in [6.07, 6.45) is 1.79. The fourth-order valence-corrected chi connectivity index (χ4v) is 1.94. The molecule has 0 saturated carbocycles. The molecule has 1 aliphatic rings. The lowest BCUT2D eigenvalue weighted by atomic mass is 9.86. The maximum Gasteiger partial charge on any atom is 0.150 e. The molecule has 1 atom stereocenters. The zero-order chi connectivity index (χ0) is 8.32. The van der Waals surface area contributed by atoms with Crippen molar-refractivity contribution < 1.29 is 4.79 Å². The van der Waals surface area contributed by atoms with Crippen LogP contribution in [0.2, 0.25) is 0 Å². The van der Waals surface area contributed by atoms with E-state index in [1.54, 1.807) is 6.92 Å². The van der Waals surface area contributed by atoms with Crippen LogP contribution in [0.3, 0.4) is 0 Å². The van der Waals surface area contributed by atoms with Gasteiger partial charge in [-0.05, 0) is 32.9 Å². The van der Waals surface area contributed by atoms with Crippen molar-refractivity contribution in [2.24, 2.45) is 0 Å². The Morgan fingerprint density at radius 3 is 2.36 bits per heavy atom. The molecule has 1 rings (SSSR count). The first kappa shape index (κ1) is 9.11. The molecular formula is C7H15N2OP. The van der Waals surface area contributed by atoms with Crippen molar-refractivity contribution in [3.63, 3.8) is 0 Å². The summed E-state index contributed by atoms with van der Waals surface area (Å²) in [5.74, 6) is 0.244. The number of nitrogens with one attached hydrogen (secondary N) is 2. The number of carbonyl (C=O) groups excluding carboxylic acids is 1. The highest BCUT2D eigenvalue weighted by atomic mass is 31.0. The molecule has 1 fully saturated rings. The van der Waals surface area contributed by atoms with Crippen LogP contribution in [0.1, 0.15) is 19.8 Å². The Bertz CT molecular complexity index is 155. The Hall–Kier alpha value is 0.0200. The van der Waals surface area contributed by atoms with Crippen LogP contribution >= 0.6 is 9.39 Å². The van der Waals surface area contributed by atoms with Crippen molar-refractivity contribution in [2.75, 3.05) is 13.1 Å². The summed E-state index contributed by atoms with van der Waals surface area (Å²) in [7, 11) is 2.45. The zero-order valence-corrected chi connectivity index (χ0v) is 7.97. The molecule has 0 aromatic carbocycles. The van der Waals surface area contributed by atoms with Gasteiger partial charge in [-0.15, -0.1) is 0 Å². The highest BCUT2D eigenvalue weighted by molar-refractivity contribution is 7.13. The largest absolute Gasteiger partial charge is 0.317 e. The number of piperidine rings is 1. The lowest BCUT2D eigenvalue weighted by Crippen LogP contribution is -2.53. The van der Waals surface area contributed by atoms with E-state index in [1.165, 1.54) is 0 Å². The quantitative estimate of drug-likeness (QED) is 0.582. The van der Waals surface area contributed by atoms with Gasteiger partial charge in [0, 0.05) is 0 Å². The highest BCUT2D eigenvalue weighted by Gasteiger charge is 2.34. The summed E-state index contributed by atoms with van der Waals surface area (Å²) >= 11 is 0. The second-order valence-corrected chi connectivity index (χ2v) is 3.32. The first-order valence-electron chi connectivity index (χ1n) is 3.91. The molecule has 2 N–H and O–H groups in total. The molecule has 0 aliphatic carbocycles. The Balaban J connectivity index is 2.64. The average molecular weight is 174 g/mol. The molecule has 0 radical (unpaired) electrons. The molecule has 3 nitrogen and oxygen atoms in total. The molecule has 1 aliphatic heterocycles. The summed E-state index contributed by atoms with van der Waals surface area (Å²) in [6.45, 7) is 3.52. The minimum Gasteiger partial charge on any atom is -0.317 e. The second kappa shape index (κ2) is 3.61. The monoisotopic (exact) mass is 174 g/mol. The minimum atomic E-state index is -0.268. The third kappa shape index (κ3) is 1.78. The smallest absolute Gasteiger partial charge is 0.150 e. The van der Waals surface area contributed by atoms with Gasteiger partial charge >= 0.3 is 0 Å². The molecule has 0 aromatic heterocycles. The second-order valence-electron chi connectivity index (χ2n) is 3.03. The van der Waals surface area contributed by atoms with Gasteiger partial charge in [0.15, 0.2) is 0 Å². The van der Waals surface area contributed by atoms with Crippen LogP contribution in [-0.4, -0.2) is 24.4 Å². The number of Topliss-reactive ketones (excluding diaryl/α,β-unsaturated/α-hetero) is 1. The number of carbonyl (C=O) groups is 1. The van der Waals surface area contributed by atoms with Crippen LogP contribution in [0.5, 0.6) is 0 Å². The third-order valence-corrected chi connectivity index (χ3v) is 2.96. The third-order valence-electron chi connectivity index (χ3n) is 2.41. The van der Waals surface area contributed by atoms with Gasteiger partial charge < -0.3 is 5.32 Å². The minimum absolute atomic E-state index is 0.244. The van der Waals surface area contributed by atoms with E-state index in [-0.39, 0.29) is 11.3 Å². The van der Waals surface area contributed by atoms with Crippen LogP contribution in [0.25, 0.3) is 0 Å². The Morgan fingerprint density at radius 2 is 2.09 bits per heavy atom. The number of ketones is 1. The molecule has 1 heterocycles. The Kier molecular flexibility index (Phi) is 2.99. The van der Waals surface area contributed by atoms with E-state index < -0.39 is 0 Å². The number of rotatable bonds is 2. The first-order valence-corrected chi connectivity index (χ1v) is 4.48. The molecular weight excluding hydrogens is 159 g/mol. The molecule has 0 spiro atoms. The fourth-order valence-electron chi connectivity index (χ4n) is 1.45. The first-order chi connectivity index (χ1) is 5.21. The Labute approximate surface area is 69.6 Å². The standard InChI is InChI=1S/C7H15N2OP/c1-6(10)7(9-11)2-4-8-5-3-7/h8-9H,2-5,11H2,1H3. The maximum atomic E-state index is 11.2. The van der Waals surface area contributed by atoms with Gasteiger partial charge in [0.25, 0.3) is 0 Å². The van der Waals surface area contributed by atoms with Crippen LogP contribution in [0.15, 0.2) is 0 Å². The lowest BCUT2D eigenvalue weighted by molar-refractivity contribution is -0.123. The average Bonchev–Trinajstić information content (AvgIpc) is 2.05. The lowest BCUT2D eigenvalue weighted by Gasteiger charge is -2.34. The van der Waals surface area contributed by atoms with E-state index in [2.05, 4.69) is 19.8 Å². The SMILES string of the molecule is CC(=O)C1(NP)CCNCC1. The fraction of sp³-hybridized carbons (Fsp3) is 0.857. The topological polar surface area (TPSA) is 41.1 Å². The zero-order valence-electron chi connectivity index (χ0n) is 6.81. The van der Waals surface area contributed by atoms with Gasteiger partial charge in [0.1, 0.15) is 5.78 Å². The van der Waals surface area contributed by atoms with E-state index in [4.69, 9.17) is 0 Å². The van der Waals surface area contributed by atoms with E-state index >= 15 is 0 Å². The molecule has 0 aromatic rings. The van der Waals surface area contributed by atoms with Crippen molar-refractivity contribution in [3.05, 3.63) is 0 Å². The molecule has 1 saturated heterocycles. The van der Waals surface area contributed by atoms with Crippen molar-refractivity contribution >= 4 is 15.2 Å². The van der Waals surface area contributed by atoms with Crippen molar-refractivity contribution in [3.8, 4) is 0 Å². The summed E-state index contributed by atoms with van der Waals surface area (Å²) in [5, 5.41) is 6.27. The van der Waals surface area contributed by atoms with Crippen LogP contribution in [0.4, 0.5) is 0 Å². The van der Waals surface area contributed by atoms with Crippen LogP contribution < -0.4 is 10.4 Å². The Morgan fingerprint density at radius 1 is 1.55 bits per heavy atom. The molecule has 1 unspecified atom stereocenters. The predicted octanol–water partition coefficient (Wildman–Crippen LogP) is 0.0773. The summed E-state index contributed by atoms with van der Waals surface area (Å²) in [5.41, 5.74) is -0.268. The molecule has 11 heavy (non-hydrogen) atoms. The summed E-state index contributed by atoms with van der Waals surface area (Å²) in [6, 6.07) is 0. The summed E-state index contributed by atoms with van der Waals surface area (Å²) < 4.78 is 0. The molecule has 0 bridgehead atoms. The van der Waals surface area contributed by atoms with Gasteiger partial charge in [-0.2, -0.15) is 0 Å². The van der Waals surface area contributed by atoms with Crippen molar-refractivity contribution in [2.45, 2.75) is 25.3 Å². The van der Waals surface area contributed by atoms with E-state index in [0.717, 1.165) is 25.9 Å². The van der Waals surface area contributed by atoms with Gasteiger partial charge in [0.2, 0.25) is 0 Å². The number of hydrogen-bond acceptors (Lipinski definition) is 3. The number of hydrogen-bond donors (Lipinski definition) is 2. The van der Waals surface area contributed by atoms with Crippen molar-refractivity contribution in [1.82, 2.24) is 10.4 Å². The maximum absolute atomic E-state index is 11.2. The van der Waals surface area contributed by atoms with Crippen molar-refractivity contribution in [1.29, 1.82) is 0 Å². The van der Waals surface area contributed by atoms with E-state index in [1.807, 2.05) is 0 Å². The van der Waals surface area contributed by atoms with Gasteiger partial charge in [0.05, 0.1) is 5.54 Å². The highest BCUT2D eigenvalue weighted by Crippen LogP contribution is 2.20. The van der Waals surface area contributed by atoms with Crippen LogP contribution in [0, 0.1) is 0 Å². The summed E-state index contributed by atoms with van der Waals surface area (Å²) in [4.78, 5) is 11.2. The molecule has 64 valence electrons. The molecule has 0 amide bonds. The van der Waals surface area contributed by atoms with Gasteiger partial charge in [-0.25, -0.2) is 0 Å². The van der Waals surface area contributed by atoms with Crippen LogP contribution in [-0.2, 0) is 4.79 Å². The van der Waals surface area contributed by atoms with Gasteiger partial charge in [-0.1, -0.05) is 9.39 Å². The predicted molar refractivity (Wildman–Crippen MR) is 48.4 cm³/mol. The normalized spacial score (nSPS) is 23.1. The molecule has 4 heteroatoms. The van der Waals surface area contributed by atoms with E-state index in [9.17, 15) is 4.79 Å².